The second-order valence-corrected chi connectivity index (χ2v) is 5.06. The van der Waals surface area contributed by atoms with Gasteiger partial charge in [-0.25, -0.2) is 8.78 Å². The van der Waals surface area contributed by atoms with Crippen LogP contribution in [0.2, 0.25) is 0 Å². The molecule has 0 bridgehead atoms. The van der Waals surface area contributed by atoms with Crippen LogP contribution >= 0.6 is 0 Å². The molecule has 0 radical (unpaired) electrons. The summed E-state index contributed by atoms with van der Waals surface area (Å²) in [4.78, 5) is 0. The number of rotatable bonds is 5. The lowest BCUT2D eigenvalue weighted by Gasteiger charge is -2.21. The second-order valence-electron chi connectivity index (χ2n) is 5.06. The molecule has 1 N–H and O–H groups in total. The van der Waals surface area contributed by atoms with Crippen molar-refractivity contribution < 1.29 is 13.5 Å². The van der Waals surface area contributed by atoms with Gasteiger partial charge in [-0.2, -0.15) is 0 Å². The minimum absolute atomic E-state index is 0.0135. The quantitative estimate of drug-likeness (QED) is 0.882. The number of benzene rings is 2. The molecular formula is C17H19F2NO. The summed E-state index contributed by atoms with van der Waals surface area (Å²) in [7, 11) is 1.45. The summed E-state index contributed by atoms with van der Waals surface area (Å²) < 4.78 is 31.3. The first-order valence-corrected chi connectivity index (χ1v) is 6.86. The van der Waals surface area contributed by atoms with E-state index in [1.165, 1.54) is 25.3 Å². The zero-order valence-electron chi connectivity index (χ0n) is 12.4. The van der Waals surface area contributed by atoms with Crippen LogP contribution in [0.1, 0.15) is 37.1 Å². The molecule has 112 valence electrons. The number of nitrogens with one attached hydrogen (secondary N) is 1. The zero-order valence-corrected chi connectivity index (χ0v) is 12.4. The highest BCUT2D eigenvalue weighted by atomic mass is 19.1. The lowest BCUT2D eigenvalue weighted by molar-refractivity contribution is 0.384. The monoisotopic (exact) mass is 291 g/mol. The number of hydrogen-bond donors (Lipinski definition) is 1. The van der Waals surface area contributed by atoms with Gasteiger partial charge in [-0.1, -0.05) is 18.2 Å². The van der Waals surface area contributed by atoms with Gasteiger partial charge in [0.15, 0.2) is 11.6 Å². The molecule has 0 aliphatic heterocycles. The van der Waals surface area contributed by atoms with Gasteiger partial charge in [-0.3, -0.25) is 0 Å². The van der Waals surface area contributed by atoms with Crippen LogP contribution in [0, 0.1) is 11.6 Å². The van der Waals surface area contributed by atoms with Crippen LogP contribution in [0.4, 0.5) is 8.78 Å². The summed E-state index contributed by atoms with van der Waals surface area (Å²) in [5.41, 5.74) is 1.93. The van der Waals surface area contributed by atoms with E-state index in [4.69, 9.17) is 4.74 Å². The van der Waals surface area contributed by atoms with E-state index in [1.807, 2.05) is 13.8 Å². The Bertz CT molecular complexity index is 598. The summed E-state index contributed by atoms with van der Waals surface area (Å²) >= 11 is 0. The van der Waals surface area contributed by atoms with Gasteiger partial charge in [0.2, 0.25) is 0 Å². The maximum atomic E-state index is 13.4. The Hall–Kier alpha value is -1.94. The molecule has 0 heterocycles. The van der Waals surface area contributed by atoms with Crippen molar-refractivity contribution in [1.29, 1.82) is 0 Å². The van der Waals surface area contributed by atoms with Gasteiger partial charge in [0.1, 0.15) is 5.82 Å². The van der Waals surface area contributed by atoms with Crippen molar-refractivity contribution in [2.75, 3.05) is 7.11 Å². The summed E-state index contributed by atoms with van der Waals surface area (Å²) in [6.45, 7) is 4.00. The van der Waals surface area contributed by atoms with E-state index >= 15 is 0 Å². The molecule has 4 heteroatoms. The molecule has 2 rings (SSSR count). The van der Waals surface area contributed by atoms with E-state index in [0.29, 0.717) is 0 Å². The average Bonchev–Trinajstić information content (AvgIpc) is 2.48. The van der Waals surface area contributed by atoms with Gasteiger partial charge >= 0.3 is 0 Å². The second kappa shape index (κ2) is 6.68. The van der Waals surface area contributed by atoms with E-state index in [-0.39, 0.29) is 29.5 Å². The summed E-state index contributed by atoms with van der Waals surface area (Å²) in [6, 6.07) is 11.3. The van der Waals surface area contributed by atoms with Crippen LogP contribution in [-0.4, -0.2) is 7.11 Å². The average molecular weight is 291 g/mol. The first-order valence-electron chi connectivity index (χ1n) is 6.86. The van der Waals surface area contributed by atoms with E-state index in [1.54, 1.807) is 24.3 Å². The van der Waals surface area contributed by atoms with Gasteiger partial charge in [0.05, 0.1) is 7.11 Å². The van der Waals surface area contributed by atoms with Crippen molar-refractivity contribution in [3.63, 3.8) is 0 Å². The number of halogens is 2. The van der Waals surface area contributed by atoms with Crippen molar-refractivity contribution in [2.45, 2.75) is 25.9 Å². The van der Waals surface area contributed by atoms with Crippen LogP contribution in [0.25, 0.3) is 0 Å². The van der Waals surface area contributed by atoms with Gasteiger partial charge in [0.25, 0.3) is 0 Å². The lowest BCUT2D eigenvalue weighted by atomic mass is 10.0. The predicted octanol–water partition coefficient (Wildman–Crippen LogP) is 4.39. The molecule has 2 aromatic carbocycles. The fourth-order valence-corrected chi connectivity index (χ4v) is 2.26. The fourth-order valence-electron chi connectivity index (χ4n) is 2.26. The van der Waals surface area contributed by atoms with Crippen LogP contribution in [0.5, 0.6) is 5.75 Å². The third-order valence-corrected chi connectivity index (χ3v) is 3.55. The van der Waals surface area contributed by atoms with Crippen LogP contribution in [0.15, 0.2) is 42.5 Å². The molecule has 0 aliphatic carbocycles. The number of ether oxygens (including phenoxy) is 1. The number of methoxy groups -OCH3 is 1. The molecule has 2 nitrogen and oxygen atoms in total. The molecule has 0 spiro atoms. The largest absolute Gasteiger partial charge is 0.494 e. The highest BCUT2D eigenvalue weighted by Gasteiger charge is 2.13. The van der Waals surface area contributed by atoms with E-state index in [2.05, 4.69) is 5.32 Å². The highest BCUT2D eigenvalue weighted by molar-refractivity contribution is 5.32. The Morgan fingerprint density at radius 2 is 1.48 bits per heavy atom. The third-order valence-electron chi connectivity index (χ3n) is 3.55. The van der Waals surface area contributed by atoms with Crippen molar-refractivity contribution in [3.8, 4) is 5.75 Å². The Labute approximate surface area is 123 Å². The molecule has 0 amide bonds. The molecule has 0 aliphatic rings. The van der Waals surface area contributed by atoms with Crippen molar-refractivity contribution >= 4 is 0 Å². The molecule has 2 unspecified atom stereocenters. The molecular weight excluding hydrogens is 272 g/mol. The predicted molar refractivity (Wildman–Crippen MR) is 79.3 cm³/mol. The summed E-state index contributed by atoms with van der Waals surface area (Å²) in [6.07, 6.45) is 0. The SMILES string of the molecule is COc1cc(C(C)NC(C)c2ccc(F)cc2)ccc1F. The fraction of sp³-hybridized carbons (Fsp3) is 0.294. The van der Waals surface area contributed by atoms with Gasteiger partial charge in [-0.05, 0) is 49.2 Å². The van der Waals surface area contributed by atoms with Crippen molar-refractivity contribution in [2.24, 2.45) is 0 Å². The molecule has 0 fully saturated rings. The Morgan fingerprint density at radius 3 is 2.10 bits per heavy atom. The van der Waals surface area contributed by atoms with Gasteiger partial charge < -0.3 is 10.1 Å². The first-order chi connectivity index (χ1) is 10.0. The molecule has 2 aromatic rings. The number of hydrogen-bond acceptors (Lipinski definition) is 2. The summed E-state index contributed by atoms with van der Waals surface area (Å²) in [5, 5.41) is 3.40. The zero-order chi connectivity index (χ0) is 15.4. The molecule has 0 aromatic heterocycles. The molecule has 0 saturated carbocycles. The lowest BCUT2D eigenvalue weighted by Crippen LogP contribution is -2.22. The molecule has 21 heavy (non-hydrogen) atoms. The standard InChI is InChI=1S/C17H19F2NO/c1-11(13-4-7-15(18)8-5-13)20-12(2)14-6-9-16(19)17(10-14)21-3/h4-12,20H,1-3H3. The van der Waals surface area contributed by atoms with Crippen molar-refractivity contribution in [1.82, 2.24) is 5.32 Å². The Morgan fingerprint density at radius 1 is 0.905 bits per heavy atom. The van der Waals surface area contributed by atoms with Crippen LogP contribution in [0.3, 0.4) is 0 Å². The van der Waals surface area contributed by atoms with Crippen molar-refractivity contribution in [3.05, 3.63) is 65.2 Å². The molecule has 2 atom stereocenters. The van der Waals surface area contributed by atoms with E-state index in [9.17, 15) is 8.78 Å². The minimum Gasteiger partial charge on any atom is -0.494 e. The van der Waals surface area contributed by atoms with Crippen LogP contribution < -0.4 is 10.1 Å². The minimum atomic E-state index is -0.375. The molecule has 0 saturated heterocycles. The topological polar surface area (TPSA) is 21.3 Å². The summed E-state index contributed by atoms with van der Waals surface area (Å²) in [5.74, 6) is -0.391. The maximum Gasteiger partial charge on any atom is 0.165 e. The van der Waals surface area contributed by atoms with E-state index in [0.717, 1.165) is 11.1 Å². The maximum absolute atomic E-state index is 13.4. The first kappa shape index (κ1) is 15.4. The normalized spacial score (nSPS) is 13.8. The highest BCUT2D eigenvalue weighted by Crippen LogP contribution is 2.24. The van der Waals surface area contributed by atoms with Gasteiger partial charge in [0, 0.05) is 12.1 Å². The van der Waals surface area contributed by atoms with E-state index < -0.39 is 0 Å². The third kappa shape index (κ3) is 3.79. The Balaban J connectivity index is 2.10. The Kier molecular flexibility index (Phi) is 4.91. The smallest absolute Gasteiger partial charge is 0.165 e. The van der Waals surface area contributed by atoms with Gasteiger partial charge in [-0.15, -0.1) is 0 Å². The van der Waals surface area contributed by atoms with Crippen LogP contribution in [-0.2, 0) is 0 Å².